The number of halogens is 1. The molecule has 0 spiro atoms. The lowest BCUT2D eigenvalue weighted by atomic mass is 9.84. The molecule has 5 rings (SSSR count). The minimum atomic E-state index is 0.0176. The van der Waals surface area contributed by atoms with Crippen LogP contribution in [0, 0.1) is 12.8 Å². The van der Waals surface area contributed by atoms with E-state index in [-0.39, 0.29) is 11.9 Å². The molecule has 1 aromatic heterocycles. The van der Waals surface area contributed by atoms with E-state index in [1.54, 1.807) is 0 Å². The molecule has 24 heavy (non-hydrogen) atoms. The predicted octanol–water partition coefficient (Wildman–Crippen LogP) is 3.60. The highest BCUT2D eigenvalue weighted by molar-refractivity contribution is 7.17. The molecule has 1 amide bonds. The van der Waals surface area contributed by atoms with Gasteiger partial charge in [0, 0.05) is 23.2 Å². The Balaban J connectivity index is 1.51. The second kappa shape index (κ2) is 6.47. The van der Waals surface area contributed by atoms with Crippen LogP contribution < -0.4 is 5.32 Å². The van der Waals surface area contributed by atoms with Crippen LogP contribution in [-0.4, -0.2) is 41.5 Å². The van der Waals surface area contributed by atoms with Crippen LogP contribution >= 0.6 is 22.9 Å². The van der Waals surface area contributed by atoms with Gasteiger partial charge in [-0.3, -0.25) is 4.79 Å². The van der Waals surface area contributed by atoms with Crippen molar-refractivity contribution in [1.29, 1.82) is 0 Å². The third kappa shape index (κ3) is 3.08. The monoisotopic (exact) mass is 361 g/mol. The summed E-state index contributed by atoms with van der Waals surface area (Å²) in [5.74, 6) is 0.645. The Morgan fingerprint density at radius 1 is 1.29 bits per heavy atom. The van der Waals surface area contributed by atoms with Crippen LogP contribution in [0.3, 0.4) is 0 Å². The maximum Gasteiger partial charge on any atom is 0.263 e. The fourth-order valence-electron chi connectivity index (χ4n) is 3.69. The number of aromatic nitrogens is 1. The molecule has 0 aliphatic carbocycles. The molecule has 4 heterocycles. The molecule has 0 unspecified atom stereocenters. The van der Waals surface area contributed by atoms with E-state index in [9.17, 15) is 4.79 Å². The number of hydrogen-bond acceptors (Lipinski definition) is 4. The second-order valence-electron chi connectivity index (χ2n) is 6.66. The smallest absolute Gasteiger partial charge is 0.263 e. The van der Waals surface area contributed by atoms with Crippen molar-refractivity contribution in [3.63, 3.8) is 0 Å². The highest BCUT2D eigenvalue weighted by Gasteiger charge is 2.35. The summed E-state index contributed by atoms with van der Waals surface area (Å²) in [4.78, 5) is 20.5. The van der Waals surface area contributed by atoms with Crippen molar-refractivity contribution in [3.05, 3.63) is 39.9 Å². The van der Waals surface area contributed by atoms with Gasteiger partial charge in [0.05, 0.1) is 5.69 Å². The minimum absolute atomic E-state index is 0.0176. The molecule has 3 aliphatic rings. The molecule has 3 saturated heterocycles. The zero-order valence-electron chi connectivity index (χ0n) is 13.6. The van der Waals surface area contributed by atoms with Gasteiger partial charge in [-0.2, -0.15) is 0 Å². The molecule has 2 bridgehead atoms. The highest BCUT2D eigenvalue weighted by atomic mass is 35.5. The van der Waals surface area contributed by atoms with Crippen LogP contribution in [0.1, 0.15) is 28.2 Å². The van der Waals surface area contributed by atoms with Crippen LogP contribution in [0.15, 0.2) is 24.3 Å². The van der Waals surface area contributed by atoms with E-state index in [2.05, 4.69) is 15.2 Å². The van der Waals surface area contributed by atoms with Gasteiger partial charge in [0.15, 0.2) is 0 Å². The van der Waals surface area contributed by atoms with Crippen molar-refractivity contribution in [2.75, 3.05) is 19.6 Å². The Hall–Kier alpha value is -1.43. The number of nitrogens with zero attached hydrogens (tertiary/aromatic N) is 2. The molecule has 1 N–H and O–H groups in total. The Bertz CT molecular complexity index is 750. The van der Waals surface area contributed by atoms with Gasteiger partial charge >= 0.3 is 0 Å². The quantitative estimate of drug-likeness (QED) is 0.908. The molecule has 3 fully saturated rings. The molecule has 0 radical (unpaired) electrons. The first-order valence-corrected chi connectivity index (χ1v) is 9.56. The molecule has 1 aromatic carbocycles. The summed E-state index contributed by atoms with van der Waals surface area (Å²) < 4.78 is 0. The molecule has 4 nitrogen and oxygen atoms in total. The van der Waals surface area contributed by atoms with E-state index in [0.717, 1.165) is 27.7 Å². The van der Waals surface area contributed by atoms with Crippen molar-refractivity contribution in [2.24, 2.45) is 5.92 Å². The number of carbonyl (C=O) groups excluding carboxylic acids is 1. The van der Waals surface area contributed by atoms with E-state index >= 15 is 0 Å². The lowest BCUT2D eigenvalue weighted by molar-refractivity contribution is 0.0622. The molecule has 6 heteroatoms. The number of hydrogen-bond donors (Lipinski definition) is 1. The van der Waals surface area contributed by atoms with Gasteiger partial charge in [-0.15, -0.1) is 11.3 Å². The maximum atomic E-state index is 12.7. The summed E-state index contributed by atoms with van der Waals surface area (Å²) in [6.07, 6.45) is 2.39. The largest absolute Gasteiger partial charge is 0.347 e. The first kappa shape index (κ1) is 16.1. The average Bonchev–Trinajstić information content (AvgIpc) is 2.98. The highest BCUT2D eigenvalue weighted by Crippen LogP contribution is 2.31. The number of benzene rings is 1. The summed E-state index contributed by atoms with van der Waals surface area (Å²) in [5.41, 5.74) is 1.79. The number of nitrogens with one attached hydrogen (secondary N) is 1. The SMILES string of the molecule is Cc1nc(-c2ccc(Cl)cc2)sc1C(=O)N[C@H]1CN2CCC1CC2. The van der Waals surface area contributed by atoms with Crippen LogP contribution in [-0.2, 0) is 0 Å². The van der Waals surface area contributed by atoms with Crippen molar-refractivity contribution >= 4 is 28.8 Å². The summed E-state index contributed by atoms with van der Waals surface area (Å²) in [6, 6.07) is 7.85. The maximum absolute atomic E-state index is 12.7. The van der Waals surface area contributed by atoms with Crippen LogP contribution in [0.5, 0.6) is 0 Å². The molecule has 3 aliphatic heterocycles. The zero-order valence-corrected chi connectivity index (χ0v) is 15.2. The van der Waals surface area contributed by atoms with Crippen molar-refractivity contribution < 1.29 is 4.79 Å². The van der Waals surface area contributed by atoms with Gasteiger partial charge < -0.3 is 10.2 Å². The van der Waals surface area contributed by atoms with Crippen LogP contribution in [0.4, 0.5) is 0 Å². The lowest BCUT2D eigenvalue weighted by Crippen LogP contribution is -2.57. The van der Waals surface area contributed by atoms with Crippen molar-refractivity contribution in [3.8, 4) is 10.6 Å². The predicted molar refractivity (Wildman–Crippen MR) is 97.7 cm³/mol. The summed E-state index contributed by atoms with van der Waals surface area (Å²) >= 11 is 7.40. The van der Waals surface area contributed by atoms with Crippen LogP contribution in [0.25, 0.3) is 10.6 Å². The van der Waals surface area contributed by atoms with Gasteiger partial charge in [-0.25, -0.2) is 4.98 Å². The van der Waals surface area contributed by atoms with Crippen molar-refractivity contribution in [1.82, 2.24) is 15.2 Å². The third-order valence-corrected chi connectivity index (χ3v) is 6.52. The van der Waals surface area contributed by atoms with Gasteiger partial charge in [0.1, 0.15) is 9.88 Å². The van der Waals surface area contributed by atoms with Gasteiger partial charge in [-0.1, -0.05) is 23.7 Å². The van der Waals surface area contributed by atoms with Gasteiger partial charge in [0.2, 0.25) is 0 Å². The lowest BCUT2D eigenvalue weighted by Gasteiger charge is -2.44. The van der Waals surface area contributed by atoms with E-state index in [1.165, 1.54) is 37.3 Å². The average molecular weight is 362 g/mol. The molecule has 0 saturated carbocycles. The van der Waals surface area contributed by atoms with Gasteiger partial charge in [-0.05, 0) is 50.9 Å². The first-order valence-electron chi connectivity index (χ1n) is 8.37. The number of amides is 1. The first-order chi connectivity index (χ1) is 11.6. The molecule has 1 atom stereocenters. The summed E-state index contributed by atoms with van der Waals surface area (Å²) in [5, 5.41) is 4.82. The number of fused-ring (bicyclic) bond motifs is 3. The molecule has 2 aromatic rings. The molecular formula is C18H20ClN3OS. The summed E-state index contributed by atoms with van der Waals surface area (Å²) in [7, 11) is 0. The van der Waals surface area contributed by atoms with E-state index in [4.69, 9.17) is 11.6 Å². The standard InChI is InChI=1S/C18H20ClN3OS/c1-11-16(24-18(20-11)13-2-4-14(19)5-3-13)17(23)21-15-10-22-8-6-12(15)7-9-22/h2-5,12,15H,6-10H2,1H3,(H,21,23)/t15-/m0/s1. The van der Waals surface area contributed by atoms with Gasteiger partial charge in [0.25, 0.3) is 5.91 Å². The Morgan fingerprint density at radius 3 is 2.62 bits per heavy atom. The zero-order chi connectivity index (χ0) is 16.7. The molecule has 126 valence electrons. The Morgan fingerprint density at radius 2 is 2.00 bits per heavy atom. The summed E-state index contributed by atoms with van der Waals surface area (Å²) in [6.45, 7) is 5.24. The minimum Gasteiger partial charge on any atom is -0.347 e. The van der Waals surface area contributed by atoms with E-state index in [1.807, 2.05) is 31.2 Å². The van der Waals surface area contributed by atoms with Crippen LogP contribution in [0.2, 0.25) is 5.02 Å². The fourth-order valence-corrected chi connectivity index (χ4v) is 4.79. The topological polar surface area (TPSA) is 45.2 Å². The Labute approximate surface area is 150 Å². The molecular weight excluding hydrogens is 342 g/mol. The van der Waals surface area contributed by atoms with Crippen molar-refractivity contribution in [2.45, 2.75) is 25.8 Å². The number of rotatable bonds is 3. The fraction of sp³-hybridized carbons (Fsp3) is 0.444. The third-order valence-electron chi connectivity index (χ3n) is 5.07. The normalized spacial score (nSPS) is 25.7. The van der Waals surface area contributed by atoms with E-state index in [0.29, 0.717) is 10.9 Å². The second-order valence-corrected chi connectivity index (χ2v) is 8.09. The Kier molecular flexibility index (Phi) is 4.33. The number of thiazole rings is 1. The van der Waals surface area contributed by atoms with E-state index < -0.39 is 0 Å². The number of aryl methyl sites for hydroxylation is 1. The number of piperidine rings is 3. The number of carbonyl (C=O) groups is 1.